The van der Waals surface area contributed by atoms with E-state index in [9.17, 15) is 13.2 Å². The summed E-state index contributed by atoms with van der Waals surface area (Å²) in [5, 5.41) is 0. The van der Waals surface area contributed by atoms with Gasteiger partial charge in [-0.2, -0.15) is 0 Å². The molecule has 5 nitrogen and oxygen atoms in total. The Morgan fingerprint density at radius 1 is 1.14 bits per heavy atom. The van der Waals surface area contributed by atoms with Crippen LogP contribution >= 0.6 is 0 Å². The molecule has 0 heterocycles. The van der Waals surface area contributed by atoms with Crippen molar-refractivity contribution >= 4 is 15.9 Å². The van der Waals surface area contributed by atoms with Crippen LogP contribution in [0.15, 0.2) is 29.2 Å². The van der Waals surface area contributed by atoms with Gasteiger partial charge in [0.05, 0.1) is 4.90 Å². The van der Waals surface area contributed by atoms with Gasteiger partial charge in [0.15, 0.2) is 0 Å². The number of carbonyl (C=O) groups is 1. The van der Waals surface area contributed by atoms with Crippen molar-refractivity contribution < 1.29 is 13.2 Å². The molecular formula is C15H24N2O3S. The first-order valence-corrected chi connectivity index (χ1v) is 8.65. The molecule has 0 spiro atoms. The van der Waals surface area contributed by atoms with Crippen molar-refractivity contribution in [3.05, 3.63) is 29.8 Å². The van der Waals surface area contributed by atoms with Crippen LogP contribution in [-0.2, 0) is 14.8 Å². The van der Waals surface area contributed by atoms with Crippen molar-refractivity contribution in [2.75, 3.05) is 0 Å². The topological polar surface area (TPSA) is 75.3 Å². The average Bonchev–Trinajstić information content (AvgIpc) is 2.44. The number of sulfonamides is 1. The van der Waals surface area contributed by atoms with Gasteiger partial charge in [-0.05, 0) is 36.0 Å². The van der Waals surface area contributed by atoms with E-state index < -0.39 is 10.0 Å². The van der Waals surface area contributed by atoms with Crippen molar-refractivity contribution in [1.29, 1.82) is 0 Å². The van der Waals surface area contributed by atoms with Gasteiger partial charge in [-0.3, -0.25) is 10.2 Å². The minimum Gasteiger partial charge on any atom is -0.278 e. The second-order valence-corrected chi connectivity index (χ2v) is 7.31. The van der Waals surface area contributed by atoms with E-state index in [1.165, 1.54) is 0 Å². The Bertz CT molecular complexity index is 565. The first-order chi connectivity index (χ1) is 9.76. The molecular weight excluding hydrogens is 288 g/mol. The van der Waals surface area contributed by atoms with Crippen LogP contribution in [0.3, 0.4) is 0 Å². The fourth-order valence-corrected chi connectivity index (χ4v) is 2.68. The standard InChI is InChI=1S/C15H24N2O3S/c1-5-12(4)13-6-8-14(9-7-13)21(19,20)17-16-15(18)10-11(2)3/h6-9,11-12,17H,5,10H2,1-4H3,(H,16,18)/t12-/m0/s1. The molecule has 118 valence electrons. The Kier molecular flexibility index (Phi) is 6.36. The molecule has 1 aromatic carbocycles. The highest BCUT2D eigenvalue weighted by atomic mass is 32.2. The lowest BCUT2D eigenvalue weighted by atomic mass is 9.99. The van der Waals surface area contributed by atoms with E-state index in [1.54, 1.807) is 24.3 Å². The summed E-state index contributed by atoms with van der Waals surface area (Å²) in [6.07, 6.45) is 1.27. The first-order valence-electron chi connectivity index (χ1n) is 7.16. The van der Waals surface area contributed by atoms with E-state index in [4.69, 9.17) is 0 Å². The lowest BCUT2D eigenvalue weighted by Crippen LogP contribution is -2.41. The third-order valence-corrected chi connectivity index (χ3v) is 4.55. The Morgan fingerprint density at radius 2 is 1.71 bits per heavy atom. The highest BCUT2D eigenvalue weighted by molar-refractivity contribution is 7.89. The molecule has 0 radical (unpaired) electrons. The maximum atomic E-state index is 12.0. The number of hydrazine groups is 1. The molecule has 1 rings (SSSR count). The maximum absolute atomic E-state index is 12.0. The molecule has 2 N–H and O–H groups in total. The van der Waals surface area contributed by atoms with Crippen LogP contribution in [0, 0.1) is 5.92 Å². The van der Waals surface area contributed by atoms with Gasteiger partial charge in [-0.15, -0.1) is 4.83 Å². The van der Waals surface area contributed by atoms with Crippen LogP contribution in [0.4, 0.5) is 0 Å². The second-order valence-electron chi connectivity index (χ2n) is 5.63. The van der Waals surface area contributed by atoms with Crippen LogP contribution in [-0.4, -0.2) is 14.3 Å². The molecule has 0 saturated carbocycles. The molecule has 0 aliphatic carbocycles. The number of hydrogen-bond acceptors (Lipinski definition) is 3. The highest BCUT2D eigenvalue weighted by Crippen LogP contribution is 2.20. The lowest BCUT2D eigenvalue weighted by molar-refractivity contribution is -0.122. The van der Waals surface area contributed by atoms with E-state index in [0.29, 0.717) is 5.92 Å². The molecule has 0 saturated heterocycles. The summed E-state index contributed by atoms with van der Waals surface area (Å²) in [5.74, 6) is 0.217. The smallest absolute Gasteiger partial charge is 0.257 e. The van der Waals surface area contributed by atoms with Gasteiger partial charge in [0.2, 0.25) is 5.91 Å². The fraction of sp³-hybridized carbons (Fsp3) is 0.533. The van der Waals surface area contributed by atoms with Crippen LogP contribution in [0.2, 0.25) is 0 Å². The number of hydrogen-bond donors (Lipinski definition) is 2. The molecule has 0 aliphatic heterocycles. The van der Waals surface area contributed by atoms with E-state index in [1.807, 2.05) is 13.8 Å². The van der Waals surface area contributed by atoms with Crippen LogP contribution in [0.25, 0.3) is 0 Å². The zero-order chi connectivity index (χ0) is 16.0. The Balaban J connectivity index is 2.72. The number of carbonyl (C=O) groups excluding carboxylic acids is 1. The molecule has 0 aliphatic rings. The van der Waals surface area contributed by atoms with Gasteiger partial charge in [0, 0.05) is 6.42 Å². The summed E-state index contributed by atoms with van der Waals surface area (Å²) >= 11 is 0. The molecule has 1 aromatic rings. The van der Waals surface area contributed by atoms with Crippen molar-refractivity contribution in [1.82, 2.24) is 10.3 Å². The predicted octanol–water partition coefficient (Wildman–Crippen LogP) is 2.56. The zero-order valence-corrected chi connectivity index (χ0v) is 13.8. The predicted molar refractivity (Wildman–Crippen MR) is 83.1 cm³/mol. The van der Waals surface area contributed by atoms with Gasteiger partial charge >= 0.3 is 0 Å². The fourth-order valence-electron chi connectivity index (χ4n) is 1.82. The number of nitrogens with one attached hydrogen (secondary N) is 2. The van der Waals surface area contributed by atoms with Gasteiger partial charge in [-0.1, -0.05) is 39.8 Å². The summed E-state index contributed by atoms with van der Waals surface area (Å²) in [4.78, 5) is 13.7. The molecule has 1 amide bonds. The third kappa shape index (κ3) is 5.47. The van der Waals surface area contributed by atoms with Gasteiger partial charge in [0.25, 0.3) is 10.0 Å². The molecule has 0 bridgehead atoms. The van der Waals surface area contributed by atoms with Crippen LogP contribution < -0.4 is 10.3 Å². The summed E-state index contributed by atoms with van der Waals surface area (Å²) < 4.78 is 24.1. The molecule has 21 heavy (non-hydrogen) atoms. The zero-order valence-electron chi connectivity index (χ0n) is 13.0. The molecule has 1 atom stereocenters. The monoisotopic (exact) mass is 312 g/mol. The van der Waals surface area contributed by atoms with Gasteiger partial charge in [0.1, 0.15) is 0 Å². The largest absolute Gasteiger partial charge is 0.278 e. The van der Waals surface area contributed by atoms with E-state index >= 15 is 0 Å². The van der Waals surface area contributed by atoms with Crippen LogP contribution in [0.5, 0.6) is 0 Å². The van der Waals surface area contributed by atoms with Crippen molar-refractivity contribution in [2.45, 2.75) is 51.3 Å². The third-order valence-electron chi connectivity index (χ3n) is 3.29. The summed E-state index contributed by atoms with van der Waals surface area (Å²) in [7, 11) is -3.72. The van der Waals surface area contributed by atoms with Crippen molar-refractivity contribution in [2.24, 2.45) is 5.92 Å². The normalized spacial score (nSPS) is 13.2. The van der Waals surface area contributed by atoms with Crippen molar-refractivity contribution in [3.63, 3.8) is 0 Å². The van der Waals surface area contributed by atoms with E-state index in [-0.39, 0.29) is 23.1 Å². The molecule has 0 aromatic heterocycles. The lowest BCUT2D eigenvalue weighted by Gasteiger charge is -2.12. The minimum absolute atomic E-state index is 0.138. The Labute approximate surface area is 127 Å². The average molecular weight is 312 g/mol. The number of benzene rings is 1. The van der Waals surface area contributed by atoms with Gasteiger partial charge < -0.3 is 0 Å². The maximum Gasteiger partial charge on any atom is 0.257 e. The highest BCUT2D eigenvalue weighted by Gasteiger charge is 2.16. The van der Waals surface area contributed by atoms with Crippen LogP contribution in [0.1, 0.15) is 52.0 Å². The number of rotatable bonds is 7. The quantitative estimate of drug-likeness (QED) is 0.760. The molecule has 0 unspecified atom stereocenters. The summed E-state index contributed by atoms with van der Waals surface area (Å²) in [5.41, 5.74) is 3.32. The molecule has 6 heteroatoms. The minimum atomic E-state index is -3.72. The van der Waals surface area contributed by atoms with Gasteiger partial charge in [-0.25, -0.2) is 8.42 Å². The number of amides is 1. The molecule has 0 fully saturated rings. The van der Waals surface area contributed by atoms with E-state index in [2.05, 4.69) is 24.1 Å². The summed E-state index contributed by atoms with van der Waals surface area (Å²) in [6, 6.07) is 6.72. The van der Waals surface area contributed by atoms with Crippen molar-refractivity contribution in [3.8, 4) is 0 Å². The SMILES string of the molecule is CC[C@H](C)c1ccc(S(=O)(=O)NNC(=O)CC(C)C)cc1. The second kappa shape index (κ2) is 7.56. The summed E-state index contributed by atoms with van der Waals surface area (Å²) in [6.45, 7) is 7.96. The Morgan fingerprint density at radius 3 is 2.19 bits per heavy atom. The Hall–Kier alpha value is -1.40. The van der Waals surface area contributed by atoms with E-state index in [0.717, 1.165) is 12.0 Å². The first kappa shape index (κ1) is 17.7.